The summed E-state index contributed by atoms with van der Waals surface area (Å²) in [4.78, 5) is 29.2. The van der Waals surface area contributed by atoms with Gasteiger partial charge in [-0.1, -0.05) is 73.5 Å². The molecule has 0 heterocycles. The van der Waals surface area contributed by atoms with Crippen LogP contribution in [0.25, 0.3) is 0 Å². The van der Waals surface area contributed by atoms with E-state index in [2.05, 4.69) is 5.32 Å². The first-order valence-corrected chi connectivity index (χ1v) is 16.0. The van der Waals surface area contributed by atoms with Gasteiger partial charge in [-0.25, -0.2) is 12.8 Å². The molecule has 1 aliphatic rings. The van der Waals surface area contributed by atoms with Crippen LogP contribution >= 0.6 is 0 Å². The van der Waals surface area contributed by atoms with Gasteiger partial charge in [-0.15, -0.1) is 0 Å². The van der Waals surface area contributed by atoms with Crippen LogP contribution in [0, 0.1) is 5.82 Å². The average molecular weight is 580 g/mol. The summed E-state index contributed by atoms with van der Waals surface area (Å²) in [5.41, 5.74) is 2.15. The molecule has 1 atom stereocenters. The molecule has 7 nitrogen and oxygen atoms in total. The number of halogens is 1. The standard InChI is InChI=1S/C32H38FN3O4S/c1-41(39,40)36(29-15-6-3-7-16-29)22-10-17-31(37)35(24-26-18-20-27(33)21-19-26)30(23-25-11-4-2-5-12-25)32(38)34-28-13-8-9-14-28/h2-7,11-12,15-16,18-21,28,30H,8-10,13-14,17,22-24H2,1H3,(H,34,38)/t30-/m1/s1. The molecule has 0 radical (unpaired) electrons. The molecule has 1 fully saturated rings. The number of amides is 2. The molecular weight excluding hydrogens is 541 g/mol. The van der Waals surface area contributed by atoms with E-state index in [0.29, 0.717) is 17.7 Å². The van der Waals surface area contributed by atoms with Crippen LogP contribution in [0.1, 0.15) is 49.7 Å². The SMILES string of the molecule is CS(=O)(=O)N(CCCC(=O)N(Cc1ccc(F)cc1)[C@H](Cc1ccccc1)C(=O)NC1CCCC1)c1ccccc1. The zero-order chi connectivity index (χ0) is 29.2. The molecule has 41 heavy (non-hydrogen) atoms. The van der Waals surface area contributed by atoms with E-state index in [1.54, 1.807) is 41.3 Å². The molecule has 218 valence electrons. The maximum absolute atomic E-state index is 13.9. The Morgan fingerprint density at radius 1 is 0.902 bits per heavy atom. The quantitative estimate of drug-likeness (QED) is 0.306. The highest BCUT2D eigenvalue weighted by molar-refractivity contribution is 7.92. The normalized spacial score (nSPS) is 14.4. The number of carbonyl (C=O) groups is 2. The smallest absolute Gasteiger partial charge is 0.243 e. The lowest BCUT2D eigenvalue weighted by Gasteiger charge is -2.33. The van der Waals surface area contributed by atoms with Gasteiger partial charge in [-0.2, -0.15) is 0 Å². The molecule has 1 saturated carbocycles. The number of nitrogens with one attached hydrogen (secondary N) is 1. The van der Waals surface area contributed by atoms with Crippen molar-refractivity contribution in [3.05, 3.63) is 102 Å². The fourth-order valence-corrected chi connectivity index (χ4v) is 6.27. The van der Waals surface area contributed by atoms with Gasteiger partial charge >= 0.3 is 0 Å². The van der Waals surface area contributed by atoms with Crippen LogP contribution < -0.4 is 9.62 Å². The van der Waals surface area contributed by atoms with Crippen molar-refractivity contribution in [2.75, 3.05) is 17.1 Å². The van der Waals surface area contributed by atoms with Crippen LogP contribution in [0.2, 0.25) is 0 Å². The van der Waals surface area contributed by atoms with Crippen molar-refractivity contribution in [3.8, 4) is 0 Å². The van der Waals surface area contributed by atoms with Crippen molar-refractivity contribution in [1.29, 1.82) is 0 Å². The van der Waals surface area contributed by atoms with E-state index >= 15 is 0 Å². The second-order valence-electron chi connectivity index (χ2n) is 10.6. The van der Waals surface area contributed by atoms with Crippen LogP contribution in [0.15, 0.2) is 84.9 Å². The van der Waals surface area contributed by atoms with Gasteiger partial charge in [0.2, 0.25) is 21.8 Å². The molecule has 2 amide bonds. The fraction of sp³-hybridized carbons (Fsp3) is 0.375. The van der Waals surface area contributed by atoms with E-state index < -0.39 is 16.1 Å². The maximum Gasteiger partial charge on any atom is 0.243 e. The predicted molar refractivity (Wildman–Crippen MR) is 159 cm³/mol. The van der Waals surface area contributed by atoms with E-state index in [0.717, 1.165) is 37.5 Å². The van der Waals surface area contributed by atoms with Crippen LogP contribution in [0.5, 0.6) is 0 Å². The highest BCUT2D eigenvalue weighted by atomic mass is 32.2. The number of sulfonamides is 1. The molecule has 1 aliphatic carbocycles. The second kappa shape index (κ2) is 14.3. The van der Waals surface area contributed by atoms with Gasteiger partial charge in [0.05, 0.1) is 11.9 Å². The largest absolute Gasteiger partial charge is 0.352 e. The third kappa shape index (κ3) is 8.88. The fourth-order valence-electron chi connectivity index (χ4n) is 5.31. The average Bonchev–Trinajstić information content (AvgIpc) is 3.47. The van der Waals surface area contributed by atoms with E-state index in [1.165, 1.54) is 16.4 Å². The zero-order valence-electron chi connectivity index (χ0n) is 23.4. The molecule has 0 aliphatic heterocycles. The first-order valence-electron chi connectivity index (χ1n) is 14.1. The Balaban J connectivity index is 1.57. The maximum atomic E-state index is 13.9. The van der Waals surface area contributed by atoms with Crippen LogP contribution in [0.4, 0.5) is 10.1 Å². The first kappa shape index (κ1) is 30.2. The number of rotatable bonds is 13. The molecule has 0 aromatic heterocycles. The molecule has 1 N–H and O–H groups in total. The first-order chi connectivity index (χ1) is 19.7. The van der Waals surface area contributed by atoms with Crippen molar-refractivity contribution < 1.29 is 22.4 Å². The third-order valence-electron chi connectivity index (χ3n) is 7.44. The molecule has 0 unspecified atom stereocenters. The van der Waals surface area contributed by atoms with Crippen molar-refractivity contribution in [2.45, 2.75) is 63.6 Å². The molecule has 3 aromatic carbocycles. The summed E-state index contributed by atoms with van der Waals surface area (Å²) in [5.74, 6) is -0.857. The number of benzene rings is 3. The number of para-hydroxylation sites is 1. The summed E-state index contributed by atoms with van der Waals surface area (Å²) in [6.45, 7) is 0.250. The lowest BCUT2D eigenvalue weighted by molar-refractivity contribution is -0.141. The van der Waals surface area contributed by atoms with E-state index in [1.807, 2.05) is 36.4 Å². The summed E-state index contributed by atoms with van der Waals surface area (Å²) < 4.78 is 40.0. The molecule has 0 bridgehead atoms. The Bertz CT molecular complexity index is 1380. The predicted octanol–water partition coefficient (Wildman–Crippen LogP) is 5.07. The number of hydrogen-bond acceptors (Lipinski definition) is 4. The highest BCUT2D eigenvalue weighted by Gasteiger charge is 2.32. The Labute approximate surface area is 242 Å². The third-order valence-corrected chi connectivity index (χ3v) is 8.63. The molecule has 9 heteroatoms. The minimum Gasteiger partial charge on any atom is -0.352 e. The molecular formula is C32H38FN3O4S. The summed E-state index contributed by atoms with van der Waals surface area (Å²) >= 11 is 0. The van der Waals surface area contributed by atoms with Crippen LogP contribution in [-0.2, 0) is 32.6 Å². The Kier molecular flexibility index (Phi) is 10.5. The Morgan fingerprint density at radius 3 is 2.12 bits per heavy atom. The minimum atomic E-state index is -3.56. The van der Waals surface area contributed by atoms with Gasteiger partial charge < -0.3 is 10.2 Å². The van der Waals surface area contributed by atoms with Crippen LogP contribution in [-0.4, -0.2) is 50.0 Å². The molecule has 3 aromatic rings. The van der Waals surface area contributed by atoms with Crippen LogP contribution in [0.3, 0.4) is 0 Å². The number of hydrogen-bond donors (Lipinski definition) is 1. The molecule has 4 rings (SSSR count). The summed E-state index contributed by atoms with van der Waals surface area (Å²) in [6, 6.07) is 23.5. The van der Waals surface area contributed by atoms with Gasteiger partial charge in [-0.05, 0) is 54.7 Å². The van der Waals surface area contributed by atoms with Gasteiger partial charge in [-0.3, -0.25) is 13.9 Å². The summed E-state index contributed by atoms with van der Waals surface area (Å²) in [5, 5.41) is 3.16. The van der Waals surface area contributed by atoms with E-state index in [-0.39, 0.29) is 49.6 Å². The van der Waals surface area contributed by atoms with Gasteiger partial charge in [0.15, 0.2) is 0 Å². The monoisotopic (exact) mass is 579 g/mol. The van der Waals surface area contributed by atoms with Crippen molar-refractivity contribution in [2.24, 2.45) is 0 Å². The Hall–Kier alpha value is -3.72. The second-order valence-corrected chi connectivity index (χ2v) is 12.5. The van der Waals surface area contributed by atoms with Crippen molar-refractivity contribution >= 4 is 27.5 Å². The molecule has 0 spiro atoms. The van der Waals surface area contributed by atoms with E-state index in [9.17, 15) is 22.4 Å². The summed E-state index contributed by atoms with van der Waals surface area (Å²) in [7, 11) is -3.56. The Morgan fingerprint density at radius 2 is 1.51 bits per heavy atom. The zero-order valence-corrected chi connectivity index (χ0v) is 24.2. The van der Waals surface area contributed by atoms with Gasteiger partial charge in [0, 0.05) is 32.0 Å². The number of nitrogens with zero attached hydrogens (tertiary/aromatic N) is 2. The van der Waals surface area contributed by atoms with Gasteiger partial charge in [0.1, 0.15) is 11.9 Å². The van der Waals surface area contributed by atoms with Crippen molar-refractivity contribution in [1.82, 2.24) is 10.2 Å². The number of carbonyl (C=O) groups excluding carboxylic acids is 2. The van der Waals surface area contributed by atoms with Crippen molar-refractivity contribution in [3.63, 3.8) is 0 Å². The lowest BCUT2D eigenvalue weighted by Crippen LogP contribution is -2.52. The molecule has 0 saturated heterocycles. The van der Waals surface area contributed by atoms with Gasteiger partial charge in [0.25, 0.3) is 0 Å². The lowest BCUT2D eigenvalue weighted by atomic mass is 10.0. The van der Waals surface area contributed by atoms with E-state index in [4.69, 9.17) is 0 Å². The summed E-state index contributed by atoms with van der Waals surface area (Å²) in [6.07, 6.45) is 5.73. The minimum absolute atomic E-state index is 0.0437. The topological polar surface area (TPSA) is 86.8 Å². The number of anilines is 1. The highest BCUT2D eigenvalue weighted by Crippen LogP contribution is 2.22.